The van der Waals surface area contributed by atoms with Crippen molar-refractivity contribution >= 4 is 11.8 Å². The van der Waals surface area contributed by atoms with Gasteiger partial charge < -0.3 is 9.80 Å². The van der Waals surface area contributed by atoms with E-state index >= 15 is 0 Å². The molecule has 0 aliphatic carbocycles. The Morgan fingerprint density at radius 1 is 1.13 bits per heavy atom. The van der Waals surface area contributed by atoms with Crippen LogP contribution in [0.1, 0.15) is 28.7 Å². The van der Waals surface area contributed by atoms with Crippen LogP contribution in [0.5, 0.6) is 0 Å². The first-order valence-corrected chi connectivity index (χ1v) is 10.6. The topological polar surface area (TPSA) is 56.8 Å². The molecule has 2 fully saturated rings. The van der Waals surface area contributed by atoms with E-state index in [0.29, 0.717) is 13.1 Å². The van der Waals surface area contributed by atoms with E-state index in [1.807, 2.05) is 19.2 Å². The predicted molar refractivity (Wildman–Crippen MR) is 116 cm³/mol. The van der Waals surface area contributed by atoms with Gasteiger partial charge in [0.15, 0.2) is 0 Å². The van der Waals surface area contributed by atoms with Gasteiger partial charge in [-0.05, 0) is 43.0 Å². The van der Waals surface area contributed by atoms with Gasteiger partial charge in [0, 0.05) is 51.7 Å². The highest BCUT2D eigenvalue weighted by Gasteiger charge is 2.43. The lowest BCUT2D eigenvalue weighted by molar-refractivity contribution is -0.138. The molecule has 6 heteroatoms. The van der Waals surface area contributed by atoms with Crippen molar-refractivity contribution in [2.45, 2.75) is 39.4 Å². The van der Waals surface area contributed by atoms with Crippen LogP contribution in [-0.2, 0) is 22.7 Å². The second kappa shape index (κ2) is 8.56. The molecule has 6 nitrogen and oxygen atoms in total. The van der Waals surface area contributed by atoms with Gasteiger partial charge in [0.2, 0.25) is 11.8 Å². The maximum Gasteiger partial charge on any atom is 0.242 e. The number of benzene rings is 1. The number of likely N-dealkylation sites (N-methyl/N-ethyl adjacent to an activating group) is 1. The van der Waals surface area contributed by atoms with Crippen molar-refractivity contribution in [3.05, 3.63) is 65.0 Å². The fourth-order valence-corrected chi connectivity index (χ4v) is 4.69. The van der Waals surface area contributed by atoms with Crippen LogP contribution >= 0.6 is 0 Å². The maximum absolute atomic E-state index is 13.5. The minimum atomic E-state index is -0.197. The molecule has 2 aliphatic heterocycles. The molecule has 0 bridgehead atoms. The van der Waals surface area contributed by atoms with Gasteiger partial charge in [0.25, 0.3) is 0 Å². The summed E-state index contributed by atoms with van der Waals surface area (Å²) in [6, 6.07) is 10.3. The van der Waals surface area contributed by atoms with E-state index in [0.717, 1.165) is 25.1 Å². The van der Waals surface area contributed by atoms with E-state index < -0.39 is 0 Å². The molecular formula is C24H30N4O2. The number of pyridine rings is 1. The van der Waals surface area contributed by atoms with Crippen LogP contribution in [0.2, 0.25) is 0 Å². The molecule has 158 valence electrons. The first-order chi connectivity index (χ1) is 14.4. The highest BCUT2D eigenvalue weighted by atomic mass is 16.2. The molecule has 0 spiro atoms. The molecule has 3 heterocycles. The lowest BCUT2D eigenvalue weighted by atomic mass is 9.89. The van der Waals surface area contributed by atoms with Gasteiger partial charge in [-0.2, -0.15) is 0 Å². The van der Waals surface area contributed by atoms with Crippen LogP contribution in [0.3, 0.4) is 0 Å². The van der Waals surface area contributed by atoms with Gasteiger partial charge in [-0.15, -0.1) is 0 Å². The first-order valence-electron chi connectivity index (χ1n) is 10.6. The van der Waals surface area contributed by atoms with Crippen LogP contribution in [0.4, 0.5) is 0 Å². The van der Waals surface area contributed by atoms with Crippen LogP contribution in [0.25, 0.3) is 0 Å². The van der Waals surface area contributed by atoms with Gasteiger partial charge >= 0.3 is 0 Å². The minimum absolute atomic E-state index is 0.0164. The van der Waals surface area contributed by atoms with Gasteiger partial charge in [-0.3, -0.25) is 19.5 Å². The second-order valence-electron chi connectivity index (χ2n) is 8.69. The number of carbonyl (C=O) groups is 2. The van der Waals surface area contributed by atoms with Crippen LogP contribution < -0.4 is 0 Å². The van der Waals surface area contributed by atoms with Crippen molar-refractivity contribution in [2.24, 2.45) is 5.92 Å². The molecule has 0 saturated carbocycles. The highest BCUT2D eigenvalue weighted by Crippen LogP contribution is 2.28. The van der Waals surface area contributed by atoms with Crippen molar-refractivity contribution in [3.63, 3.8) is 0 Å². The molecule has 2 saturated heterocycles. The summed E-state index contributed by atoms with van der Waals surface area (Å²) in [5, 5.41) is 0. The lowest BCUT2D eigenvalue weighted by Crippen LogP contribution is -2.53. The molecule has 2 aliphatic rings. The SMILES string of the molecule is Cc1ccc(C)c(CN2CC[C@@H]3[C@H](C2)C(=O)N(Cc2cccnc2)CC(=O)N3C)c1. The number of hydrogen-bond donors (Lipinski definition) is 0. The zero-order chi connectivity index (χ0) is 21.3. The standard InChI is InChI=1S/C24H30N4O2/c1-17-6-7-18(2)20(11-17)14-27-10-8-22-21(15-27)24(30)28(16-23(29)26(22)3)13-19-5-4-9-25-12-19/h4-7,9,11-12,21-22H,8,10,13-16H2,1-3H3/t21-,22+/m0/s1. The normalized spacial score (nSPS) is 22.8. The van der Waals surface area contributed by atoms with Crippen LogP contribution in [-0.4, -0.2) is 64.2 Å². The summed E-state index contributed by atoms with van der Waals surface area (Å²) in [5.74, 6) is -0.105. The molecule has 2 atom stereocenters. The number of aryl methyl sites for hydroxylation is 2. The lowest BCUT2D eigenvalue weighted by Gasteiger charge is -2.40. The fraction of sp³-hybridized carbons (Fsp3) is 0.458. The summed E-state index contributed by atoms with van der Waals surface area (Å²) in [6.07, 6.45) is 4.30. The van der Waals surface area contributed by atoms with Gasteiger partial charge in [-0.25, -0.2) is 0 Å². The molecule has 30 heavy (non-hydrogen) atoms. The van der Waals surface area contributed by atoms with Gasteiger partial charge in [0.1, 0.15) is 6.54 Å². The largest absolute Gasteiger partial charge is 0.340 e. The summed E-state index contributed by atoms with van der Waals surface area (Å²) in [4.78, 5) is 36.3. The maximum atomic E-state index is 13.5. The van der Waals surface area contributed by atoms with Crippen LogP contribution in [0, 0.1) is 19.8 Å². The molecule has 2 aromatic rings. The third-order valence-corrected chi connectivity index (χ3v) is 6.50. The summed E-state index contributed by atoms with van der Waals surface area (Å²) in [6.45, 7) is 7.21. The van der Waals surface area contributed by atoms with Crippen LogP contribution in [0.15, 0.2) is 42.7 Å². The number of amides is 2. The Morgan fingerprint density at radius 2 is 1.97 bits per heavy atom. The van der Waals surface area contributed by atoms with Gasteiger partial charge in [0.05, 0.1) is 5.92 Å². The number of nitrogens with zero attached hydrogens (tertiary/aromatic N) is 4. The molecule has 4 rings (SSSR count). The van der Waals surface area contributed by atoms with Gasteiger partial charge in [-0.1, -0.05) is 29.8 Å². The molecule has 0 radical (unpaired) electrons. The first kappa shape index (κ1) is 20.5. The molecule has 2 amide bonds. The third kappa shape index (κ3) is 4.24. The number of fused-ring (bicyclic) bond motifs is 1. The zero-order valence-electron chi connectivity index (χ0n) is 18.0. The molecule has 0 unspecified atom stereocenters. The van der Waals surface area contributed by atoms with Crippen molar-refractivity contribution in [1.82, 2.24) is 19.7 Å². The van der Waals surface area contributed by atoms with E-state index in [1.54, 1.807) is 22.2 Å². The van der Waals surface area contributed by atoms with Crippen molar-refractivity contribution < 1.29 is 9.59 Å². The predicted octanol–water partition coefficient (Wildman–Crippen LogP) is 2.39. The monoisotopic (exact) mass is 406 g/mol. The van der Waals surface area contributed by atoms with E-state index in [-0.39, 0.29) is 30.3 Å². The Kier molecular flexibility index (Phi) is 5.86. The second-order valence-corrected chi connectivity index (χ2v) is 8.69. The van der Waals surface area contributed by atoms with Crippen molar-refractivity contribution in [2.75, 3.05) is 26.7 Å². The number of piperidine rings is 1. The summed E-state index contributed by atoms with van der Waals surface area (Å²) >= 11 is 0. The third-order valence-electron chi connectivity index (χ3n) is 6.50. The number of rotatable bonds is 4. The van der Waals surface area contributed by atoms with Crippen molar-refractivity contribution in [1.29, 1.82) is 0 Å². The quantitative estimate of drug-likeness (QED) is 0.782. The molecule has 1 aromatic carbocycles. The summed E-state index contributed by atoms with van der Waals surface area (Å²) < 4.78 is 0. The summed E-state index contributed by atoms with van der Waals surface area (Å²) in [5.41, 5.74) is 4.79. The number of likely N-dealkylation sites (tertiary alicyclic amines) is 1. The Balaban J connectivity index is 1.54. The smallest absolute Gasteiger partial charge is 0.242 e. The molecule has 0 N–H and O–H groups in total. The Labute approximate surface area is 178 Å². The number of hydrogen-bond acceptors (Lipinski definition) is 4. The fourth-order valence-electron chi connectivity index (χ4n) is 4.69. The van der Waals surface area contributed by atoms with E-state index in [1.165, 1.54) is 16.7 Å². The molecular weight excluding hydrogens is 376 g/mol. The molecule has 1 aromatic heterocycles. The zero-order valence-corrected chi connectivity index (χ0v) is 18.0. The Bertz CT molecular complexity index is 930. The minimum Gasteiger partial charge on any atom is -0.340 e. The Hall–Kier alpha value is -2.73. The number of carbonyl (C=O) groups excluding carboxylic acids is 2. The van der Waals surface area contributed by atoms with Crippen molar-refractivity contribution in [3.8, 4) is 0 Å². The average Bonchev–Trinajstić information content (AvgIpc) is 2.82. The van der Waals surface area contributed by atoms with E-state index in [2.05, 4.69) is 41.9 Å². The number of aromatic nitrogens is 1. The Morgan fingerprint density at radius 3 is 2.73 bits per heavy atom. The van der Waals surface area contributed by atoms with E-state index in [4.69, 9.17) is 0 Å². The highest BCUT2D eigenvalue weighted by molar-refractivity contribution is 5.89. The average molecular weight is 407 g/mol. The van der Waals surface area contributed by atoms with E-state index in [9.17, 15) is 9.59 Å². The summed E-state index contributed by atoms with van der Waals surface area (Å²) in [7, 11) is 1.85.